The van der Waals surface area contributed by atoms with E-state index in [4.69, 9.17) is 0 Å². The second-order valence-electron chi connectivity index (χ2n) is 7.52. The summed E-state index contributed by atoms with van der Waals surface area (Å²) in [6, 6.07) is 0.209. The molecule has 1 amide bonds. The monoisotopic (exact) mass is 278 g/mol. The Hall–Kier alpha value is -1.39. The molecule has 1 heterocycles. The highest BCUT2D eigenvalue weighted by Crippen LogP contribution is 2.35. The molecule has 1 atom stereocenters. The van der Waals surface area contributed by atoms with Gasteiger partial charge in [0.25, 0.3) is 5.91 Å². The van der Waals surface area contributed by atoms with Crippen LogP contribution in [0.15, 0.2) is 0 Å². The summed E-state index contributed by atoms with van der Waals surface area (Å²) >= 11 is 0. The van der Waals surface area contributed by atoms with Gasteiger partial charge in [-0.3, -0.25) is 9.89 Å². The van der Waals surface area contributed by atoms with Crippen molar-refractivity contribution in [2.75, 3.05) is 0 Å². The molecule has 5 nitrogen and oxygen atoms in total. The first kappa shape index (κ1) is 15.0. The van der Waals surface area contributed by atoms with Gasteiger partial charge >= 0.3 is 0 Å². The van der Waals surface area contributed by atoms with Gasteiger partial charge in [0, 0.05) is 11.5 Å². The van der Waals surface area contributed by atoms with Crippen molar-refractivity contribution in [3.8, 4) is 0 Å². The number of rotatable bonds is 2. The average Bonchev–Trinajstić information content (AvgIpc) is 2.80. The molecule has 20 heavy (non-hydrogen) atoms. The summed E-state index contributed by atoms with van der Waals surface area (Å²) in [5.74, 6) is 0.818. The van der Waals surface area contributed by atoms with Gasteiger partial charge in [-0.15, -0.1) is 5.10 Å². The van der Waals surface area contributed by atoms with Gasteiger partial charge in [0.05, 0.1) is 0 Å². The van der Waals surface area contributed by atoms with Crippen molar-refractivity contribution in [1.29, 1.82) is 0 Å². The minimum Gasteiger partial charge on any atom is -0.346 e. The van der Waals surface area contributed by atoms with E-state index in [0.29, 0.717) is 0 Å². The lowest BCUT2D eigenvalue weighted by molar-refractivity contribution is 0.0843. The number of nitrogens with zero attached hydrogens (tertiary/aromatic N) is 2. The molecule has 1 aliphatic rings. The third-order valence-electron chi connectivity index (χ3n) is 4.21. The van der Waals surface area contributed by atoms with E-state index in [0.717, 1.165) is 18.7 Å². The number of aromatic nitrogens is 3. The molecule has 0 saturated heterocycles. The fourth-order valence-electron chi connectivity index (χ4n) is 2.68. The van der Waals surface area contributed by atoms with Crippen molar-refractivity contribution in [1.82, 2.24) is 20.5 Å². The number of H-pyrrole nitrogens is 1. The van der Waals surface area contributed by atoms with Crippen LogP contribution < -0.4 is 5.32 Å². The molecule has 2 N–H and O–H groups in total. The number of aromatic amines is 1. The average molecular weight is 278 g/mol. The summed E-state index contributed by atoms with van der Waals surface area (Å²) in [5, 5.41) is 10.0. The minimum atomic E-state index is -0.170. The number of carbonyl (C=O) groups excluding carboxylic acids is 1. The maximum atomic E-state index is 12.3. The SMILES string of the molecule is CC(C)(C)c1nc(C(=O)NC2CCCCC2(C)C)n[nH]1. The van der Waals surface area contributed by atoms with Crippen LogP contribution in [0.2, 0.25) is 0 Å². The molecule has 1 aromatic rings. The molecule has 0 aromatic carbocycles. The maximum Gasteiger partial charge on any atom is 0.291 e. The van der Waals surface area contributed by atoms with Crippen LogP contribution in [0.4, 0.5) is 0 Å². The van der Waals surface area contributed by atoms with Crippen LogP contribution in [-0.4, -0.2) is 27.1 Å². The Morgan fingerprint density at radius 3 is 2.60 bits per heavy atom. The van der Waals surface area contributed by atoms with Gasteiger partial charge < -0.3 is 5.32 Å². The van der Waals surface area contributed by atoms with Crippen LogP contribution in [0.3, 0.4) is 0 Å². The number of hydrogen-bond donors (Lipinski definition) is 2. The number of amides is 1. The standard InChI is InChI=1S/C15H26N4O/c1-14(2,3)13-17-11(18-19-13)12(20)16-10-8-6-7-9-15(10,4)5/h10H,6-9H2,1-5H3,(H,16,20)(H,17,18,19). The number of carbonyl (C=O) groups is 1. The van der Waals surface area contributed by atoms with Crippen LogP contribution in [0.1, 0.15) is 76.7 Å². The largest absolute Gasteiger partial charge is 0.346 e. The van der Waals surface area contributed by atoms with Crippen LogP contribution in [0.25, 0.3) is 0 Å². The van der Waals surface area contributed by atoms with E-state index in [-0.39, 0.29) is 28.6 Å². The molecular weight excluding hydrogens is 252 g/mol. The Balaban J connectivity index is 2.06. The fraction of sp³-hybridized carbons (Fsp3) is 0.800. The molecule has 0 spiro atoms. The second-order valence-corrected chi connectivity index (χ2v) is 7.52. The van der Waals surface area contributed by atoms with E-state index >= 15 is 0 Å². The summed E-state index contributed by atoms with van der Waals surface area (Å²) in [7, 11) is 0. The van der Waals surface area contributed by atoms with Crippen LogP contribution in [-0.2, 0) is 5.41 Å². The fourth-order valence-corrected chi connectivity index (χ4v) is 2.68. The van der Waals surface area contributed by atoms with Crippen LogP contribution >= 0.6 is 0 Å². The lowest BCUT2D eigenvalue weighted by atomic mass is 9.73. The zero-order valence-electron chi connectivity index (χ0n) is 13.2. The van der Waals surface area contributed by atoms with Gasteiger partial charge in [-0.25, -0.2) is 4.98 Å². The molecule has 0 radical (unpaired) electrons. The molecule has 1 fully saturated rings. The summed E-state index contributed by atoms with van der Waals surface area (Å²) in [5.41, 5.74) is 0.0205. The van der Waals surface area contributed by atoms with Crippen molar-refractivity contribution in [3.63, 3.8) is 0 Å². The topological polar surface area (TPSA) is 70.7 Å². The number of nitrogens with one attached hydrogen (secondary N) is 2. The third-order valence-corrected chi connectivity index (χ3v) is 4.21. The van der Waals surface area contributed by atoms with E-state index in [2.05, 4.69) is 34.3 Å². The van der Waals surface area contributed by atoms with Gasteiger partial charge in [0.1, 0.15) is 5.82 Å². The van der Waals surface area contributed by atoms with E-state index in [9.17, 15) is 4.79 Å². The van der Waals surface area contributed by atoms with Gasteiger partial charge in [-0.05, 0) is 18.3 Å². The van der Waals surface area contributed by atoms with Crippen molar-refractivity contribution in [2.24, 2.45) is 5.41 Å². The molecule has 112 valence electrons. The highest BCUT2D eigenvalue weighted by molar-refractivity contribution is 5.90. The minimum absolute atomic E-state index is 0.129. The van der Waals surface area contributed by atoms with E-state index in [1.807, 2.05) is 20.8 Å². The smallest absolute Gasteiger partial charge is 0.291 e. The Bertz CT molecular complexity index is 484. The van der Waals surface area contributed by atoms with E-state index in [1.54, 1.807) is 0 Å². The predicted octanol–water partition coefficient (Wildman–Crippen LogP) is 2.80. The second kappa shape index (κ2) is 5.19. The first-order valence-corrected chi connectivity index (χ1v) is 7.44. The third kappa shape index (κ3) is 3.19. The lowest BCUT2D eigenvalue weighted by Crippen LogP contribution is -2.47. The van der Waals surface area contributed by atoms with Crippen molar-refractivity contribution < 1.29 is 4.79 Å². The zero-order valence-corrected chi connectivity index (χ0v) is 13.2. The maximum absolute atomic E-state index is 12.3. The lowest BCUT2D eigenvalue weighted by Gasteiger charge is -2.38. The van der Waals surface area contributed by atoms with Crippen molar-refractivity contribution >= 4 is 5.91 Å². The van der Waals surface area contributed by atoms with Gasteiger partial charge in [-0.2, -0.15) is 0 Å². The summed E-state index contributed by atoms with van der Waals surface area (Å²) in [6.45, 7) is 10.6. The highest BCUT2D eigenvalue weighted by Gasteiger charge is 2.34. The zero-order chi connectivity index (χ0) is 15.0. The molecule has 5 heteroatoms. The molecule has 0 bridgehead atoms. The summed E-state index contributed by atoms with van der Waals surface area (Å²) in [4.78, 5) is 16.6. The molecule has 1 unspecified atom stereocenters. The molecule has 0 aliphatic heterocycles. The highest BCUT2D eigenvalue weighted by atomic mass is 16.2. The van der Waals surface area contributed by atoms with Crippen LogP contribution in [0, 0.1) is 5.41 Å². The quantitative estimate of drug-likeness (QED) is 0.874. The summed E-state index contributed by atoms with van der Waals surface area (Å²) in [6.07, 6.45) is 4.61. The predicted molar refractivity (Wildman–Crippen MR) is 78.6 cm³/mol. The molecule has 1 saturated carbocycles. The van der Waals surface area contributed by atoms with Crippen molar-refractivity contribution in [3.05, 3.63) is 11.6 Å². The van der Waals surface area contributed by atoms with E-state index < -0.39 is 0 Å². The normalized spacial score (nSPS) is 22.6. The Morgan fingerprint density at radius 1 is 1.35 bits per heavy atom. The summed E-state index contributed by atoms with van der Waals surface area (Å²) < 4.78 is 0. The van der Waals surface area contributed by atoms with Gasteiger partial charge in [0.2, 0.25) is 5.82 Å². The van der Waals surface area contributed by atoms with Crippen molar-refractivity contribution in [2.45, 2.75) is 71.8 Å². The van der Waals surface area contributed by atoms with Gasteiger partial charge in [0.15, 0.2) is 0 Å². The number of hydrogen-bond acceptors (Lipinski definition) is 3. The first-order valence-electron chi connectivity index (χ1n) is 7.44. The van der Waals surface area contributed by atoms with Gasteiger partial charge in [-0.1, -0.05) is 47.5 Å². The molecular formula is C15H26N4O. The molecule has 1 aromatic heterocycles. The Morgan fingerprint density at radius 2 is 2.05 bits per heavy atom. The molecule has 1 aliphatic carbocycles. The van der Waals surface area contributed by atoms with Crippen LogP contribution in [0.5, 0.6) is 0 Å². The van der Waals surface area contributed by atoms with E-state index in [1.165, 1.54) is 12.8 Å². The Kier molecular flexibility index (Phi) is 3.89. The Labute approximate surface area is 120 Å². The molecule has 2 rings (SSSR count). The first-order chi connectivity index (χ1) is 9.20.